The quantitative estimate of drug-likeness (QED) is 0.613. The zero-order valence-electron chi connectivity index (χ0n) is 17.3. The summed E-state index contributed by atoms with van der Waals surface area (Å²) >= 11 is 9.07. The minimum absolute atomic E-state index is 0.280. The first-order valence-electron chi connectivity index (χ1n) is 9.90. The number of thiazole rings is 1. The van der Waals surface area contributed by atoms with Gasteiger partial charge in [-0.05, 0) is 30.2 Å². The van der Waals surface area contributed by atoms with E-state index in [4.69, 9.17) is 22.1 Å². The van der Waals surface area contributed by atoms with Crippen LogP contribution >= 0.6 is 34.7 Å². The number of halogens is 1. The molecule has 4 amide bonds. The number of nitrogens with one attached hydrogen (secondary N) is 1. The molecule has 170 valence electrons. The van der Waals surface area contributed by atoms with Gasteiger partial charge in [0.1, 0.15) is 0 Å². The molecule has 2 aliphatic rings. The van der Waals surface area contributed by atoms with E-state index < -0.39 is 5.41 Å². The number of nitrogens with two attached hydrogens (primary N) is 1. The van der Waals surface area contributed by atoms with E-state index >= 15 is 0 Å². The molecule has 1 fully saturated rings. The predicted molar refractivity (Wildman–Crippen MR) is 125 cm³/mol. The summed E-state index contributed by atoms with van der Waals surface area (Å²) in [5.41, 5.74) is 6.49. The lowest BCUT2D eigenvalue weighted by atomic mass is 9.81. The number of thioether (sulfide) groups is 1. The van der Waals surface area contributed by atoms with Gasteiger partial charge in [0, 0.05) is 47.9 Å². The van der Waals surface area contributed by atoms with Crippen LogP contribution in [-0.2, 0) is 14.9 Å². The van der Waals surface area contributed by atoms with Gasteiger partial charge < -0.3 is 15.4 Å². The van der Waals surface area contributed by atoms with Crippen molar-refractivity contribution in [2.45, 2.75) is 22.5 Å². The number of urea groups is 1. The molecule has 0 radical (unpaired) electrons. The zero-order chi connectivity index (χ0) is 22.9. The topological polar surface area (TPSA) is 118 Å². The van der Waals surface area contributed by atoms with E-state index in [-0.39, 0.29) is 24.5 Å². The number of aromatic nitrogens is 1. The van der Waals surface area contributed by atoms with Gasteiger partial charge in [-0.15, -0.1) is 11.8 Å². The Morgan fingerprint density at radius 2 is 2.19 bits per heavy atom. The van der Waals surface area contributed by atoms with E-state index in [0.717, 1.165) is 15.5 Å². The van der Waals surface area contributed by atoms with Gasteiger partial charge in [0.2, 0.25) is 5.91 Å². The van der Waals surface area contributed by atoms with Crippen LogP contribution in [0.4, 0.5) is 20.4 Å². The monoisotopic (exact) mass is 495 g/mol. The van der Waals surface area contributed by atoms with Crippen molar-refractivity contribution in [2.24, 2.45) is 5.73 Å². The third kappa shape index (κ3) is 4.50. The first-order valence-corrected chi connectivity index (χ1v) is 12.1. The van der Waals surface area contributed by atoms with Crippen molar-refractivity contribution in [3.63, 3.8) is 0 Å². The van der Waals surface area contributed by atoms with Crippen LogP contribution < -0.4 is 16.0 Å². The molecule has 2 aliphatic heterocycles. The van der Waals surface area contributed by atoms with E-state index in [1.165, 1.54) is 30.2 Å². The number of benzene rings is 1. The predicted octanol–water partition coefficient (Wildman–Crippen LogP) is 3.53. The molecule has 0 bridgehead atoms. The number of primary amides is 1. The number of hydrogen-bond acceptors (Lipinski definition) is 7. The van der Waals surface area contributed by atoms with Crippen molar-refractivity contribution in [1.29, 1.82) is 0 Å². The third-order valence-electron chi connectivity index (χ3n) is 5.60. The highest BCUT2D eigenvalue weighted by atomic mass is 35.5. The summed E-state index contributed by atoms with van der Waals surface area (Å²) in [4.78, 5) is 43.7. The van der Waals surface area contributed by atoms with Crippen LogP contribution in [0.25, 0.3) is 0 Å². The van der Waals surface area contributed by atoms with Crippen molar-refractivity contribution < 1.29 is 19.1 Å². The fourth-order valence-electron chi connectivity index (χ4n) is 4.12. The van der Waals surface area contributed by atoms with E-state index in [1.807, 2.05) is 12.1 Å². The summed E-state index contributed by atoms with van der Waals surface area (Å²) in [5.74, 6) is 0.208. The molecule has 3 heterocycles. The number of rotatable bonds is 5. The van der Waals surface area contributed by atoms with Crippen molar-refractivity contribution in [3.8, 4) is 0 Å². The second-order valence-electron chi connectivity index (χ2n) is 7.65. The van der Waals surface area contributed by atoms with Gasteiger partial charge in [-0.1, -0.05) is 22.9 Å². The SMILES string of the molecule is COC(=O)N1CCC2(C1)CN(C(=O)Nc1ncc(SCCC(N)=O)s1)c1ccc(Cl)cc12. The lowest BCUT2D eigenvalue weighted by molar-refractivity contribution is -0.117. The highest BCUT2D eigenvalue weighted by Crippen LogP contribution is 2.47. The van der Waals surface area contributed by atoms with Crippen LogP contribution in [0.3, 0.4) is 0 Å². The molecule has 3 N–H and O–H groups in total. The fraction of sp³-hybridized carbons (Fsp3) is 0.400. The molecule has 2 aromatic rings. The van der Waals surface area contributed by atoms with Gasteiger partial charge in [0.15, 0.2) is 5.13 Å². The van der Waals surface area contributed by atoms with E-state index in [1.54, 1.807) is 22.1 Å². The van der Waals surface area contributed by atoms with E-state index in [9.17, 15) is 14.4 Å². The first-order chi connectivity index (χ1) is 15.3. The van der Waals surface area contributed by atoms with Crippen LogP contribution in [-0.4, -0.2) is 60.4 Å². The molecule has 1 atom stereocenters. The number of likely N-dealkylation sites (tertiary alicyclic amines) is 1. The lowest BCUT2D eigenvalue weighted by Crippen LogP contribution is -2.41. The van der Waals surface area contributed by atoms with Crippen molar-refractivity contribution >= 4 is 63.6 Å². The molecule has 0 aliphatic carbocycles. The average molecular weight is 496 g/mol. The van der Waals surface area contributed by atoms with Crippen molar-refractivity contribution in [1.82, 2.24) is 9.88 Å². The second-order valence-corrected chi connectivity index (χ2v) is 10.5. The fourth-order valence-corrected chi connectivity index (χ4v) is 6.19. The number of carbonyl (C=O) groups is 3. The number of anilines is 2. The minimum Gasteiger partial charge on any atom is -0.453 e. The maximum Gasteiger partial charge on any atom is 0.409 e. The molecule has 1 aromatic heterocycles. The molecule has 32 heavy (non-hydrogen) atoms. The maximum absolute atomic E-state index is 13.2. The summed E-state index contributed by atoms with van der Waals surface area (Å²) in [6.45, 7) is 1.43. The van der Waals surface area contributed by atoms with Gasteiger partial charge in [-0.25, -0.2) is 14.6 Å². The Hall–Kier alpha value is -2.50. The van der Waals surface area contributed by atoms with Crippen LogP contribution in [0.5, 0.6) is 0 Å². The van der Waals surface area contributed by atoms with Crippen molar-refractivity contribution in [3.05, 3.63) is 35.0 Å². The summed E-state index contributed by atoms with van der Waals surface area (Å²) in [5, 5.41) is 3.91. The van der Waals surface area contributed by atoms with E-state index in [0.29, 0.717) is 42.0 Å². The number of methoxy groups -OCH3 is 1. The van der Waals surface area contributed by atoms with Gasteiger partial charge in [0.25, 0.3) is 0 Å². The van der Waals surface area contributed by atoms with Gasteiger partial charge >= 0.3 is 12.1 Å². The molecule has 12 heteroatoms. The van der Waals surface area contributed by atoms with Crippen LogP contribution in [0.15, 0.2) is 28.6 Å². The van der Waals surface area contributed by atoms with Crippen molar-refractivity contribution in [2.75, 3.05) is 42.7 Å². The van der Waals surface area contributed by atoms with Gasteiger partial charge in [-0.2, -0.15) is 0 Å². The largest absolute Gasteiger partial charge is 0.453 e. The lowest BCUT2D eigenvalue weighted by Gasteiger charge is -2.25. The number of carbonyl (C=O) groups excluding carboxylic acids is 3. The summed E-state index contributed by atoms with van der Waals surface area (Å²) in [6.07, 6.45) is 2.27. The normalized spacial score (nSPS) is 19.3. The van der Waals surface area contributed by atoms with E-state index in [2.05, 4.69) is 10.3 Å². The number of fused-ring (bicyclic) bond motifs is 2. The molecule has 1 unspecified atom stereocenters. The minimum atomic E-state index is -0.398. The Bertz CT molecular complexity index is 1060. The van der Waals surface area contributed by atoms with Crippen LogP contribution in [0, 0.1) is 0 Å². The Labute approximate surface area is 198 Å². The Kier molecular flexibility index (Phi) is 6.50. The molecule has 0 saturated carbocycles. The Morgan fingerprint density at radius 3 is 2.94 bits per heavy atom. The summed E-state index contributed by atoms with van der Waals surface area (Å²) in [7, 11) is 1.36. The van der Waals surface area contributed by atoms with Gasteiger partial charge in [0.05, 0.1) is 17.5 Å². The standard InChI is InChI=1S/C20H22ClN5O4S2/c1-30-19(29)25-6-5-20(10-25)11-26(14-3-2-12(21)8-13(14)20)18(28)24-17-23-9-16(32-17)31-7-4-15(22)27/h2-3,8-9H,4-7,10-11H2,1H3,(H2,22,27)(H,23,24,28). The average Bonchev–Trinajstić information content (AvgIpc) is 3.46. The molecule has 1 spiro atoms. The molecule has 4 rings (SSSR count). The highest BCUT2D eigenvalue weighted by Gasteiger charge is 2.50. The number of nitrogens with zero attached hydrogens (tertiary/aromatic N) is 3. The molecule has 1 saturated heterocycles. The maximum atomic E-state index is 13.2. The Balaban J connectivity index is 1.50. The van der Waals surface area contributed by atoms with Gasteiger partial charge in [-0.3, -0.25) is 15.0 Å². The number of ether oxygens (including phenoxy) is 1. The van der Waals surface area contributed by atoms with Crippen LogP contribution in [0.2, 0.25) is 5.02 Å². The summed E-state index contributed by atoms with van der Waals surface area (Å²) in [6, 6.07) is 5.16. The molecule has 1 aromatic carbocycles. The Morgan fingerprint density at radius 1 is 1.38 bits per heavy atom. The smallest absolute Gasteiger partial charge is 0.409 e. The van der Waals surface area contributed by atoms with Crippen LogP contribution in [0.1, 0.15) is 18.4 Å². The third-order valence-corrected chi connectivity index (χ3v) is 7.95. The molecule has 9 nitrogen and oxygen atoms in total. The molecular weight excluding hydrogens is 474 g/mol. The number of amides is 4. The number of hydrogen-bond donors (Lipinski definition) is 2. The zero-order valence-corrected chi connectivity index (χ0v) is 19.7. The summed E-state index contributed by atoms with van der Waals surface area (Å²) < 4.78 is 5.76. The molecular formula is C20H22ClN5O4S2. The first kappa shape index (κ1) is 22.7. The second kappa shape index (κ2) is 9.16. The highest BCUT2D eigenvalue weighted by molar-refractivity contribution is 8.01.